The number of aromatic nitrogens is 4. The lowest BCUT2D eigenvalue weighted by atomic mass is 9.80. The van der Waals surface area contributed by atoms with Gasteiger partial charge >= 0.3 is 6.18 Å². The van der Waals surface area contributed by atoms with Gasteiger partial charge < -0.3 is 5.32 Å². The van der Waals surface area contributed by atoms with E-state index in [2.05, 4.69) is 20.4 Å². The first kappa shape index (κ1) is 27.3. The first-order valence-corrected chi connectivity index (χ1v) is 12.6. The minimum atomic E-state index is -4.78. The summed E-state index contributed by atoms with van der Waals surface area (Å²) >= 11 is 0. The van der Waals surface area contributed by atoms with Crippen LogP contribution in [0.25, 0.3) is 11.8 Å². The number of hydrogen-bond donors (Lipinski definition) is 1. The summed E-state index contributed by atoms with van der Waals surface area (Å²) in [7, 11) is 0. The molecule has 2 amide bonds. The van der Waals surface area contributed by atoms with Gasteiger partial charge in [0.15, 0.2) is 0 Å². The van der Waals surface area contributed by atoms with Crippen molar-refractivity contribution in [2.24, 2.45) is 0 Å². The number of para-hydroxylation sites is 1. The fourth-order valence-corrected chi connectivity index (χ4v) is 4.90. The number of carbonyl (C=O) groups excluding carboxylic acids is 2. The number of likely N-dealkylation sites (N-methyl/N-ethyl adjacent to an activating group) is 1. The number of hydrogen-bond acceptors (Lipinski definition) is 6. The molecule has 41 heavy (non-hydrogen) atoms. The zero-order valence-electron chi connectivity index (χ0n) is 21.6. The first-order chi connectivity index (χ1) is 19.7. The van der Waals surface area contributed by atoms with Gasteiger partial charge in [0.25, 0.3) is 11.8 Å². The number of nitriles is 1. The van der Waals surface area contributed by atoms with Gasteiger partial charge in [-0.3, -0.25) is 14.5 Å². The maximum atomic E-state index is 14.1. The van der Waals surface area contributed by atoms with E-state index in [9.17, 15) is 22.8 Å². The van der Waals surface area contributed by atoms with Crippen LogP contribution in [0.2, 0.25) is 0 Å². The minimum Gasteiger partial charge on any atom is -0.337 e. The molecule has 1 N–H and O–H groups in total. The summed E-state index contributed by atoms with van der Waals surface area (Å²) in [5, 5.41) is 16.3. The van der Waals surface area contributed by atoms with Gasteiger partial charge in [-0.1, -0.05) is 42.5 Å². The number of halogens is 3. The van der Waals surface area contributed by atoms with Crippen LogP contribution < -0.4 is 10.2 Å². The number of fused-ring (bicyclic) bond motifs is 1. The number of anilines is 1. The number of alkyl halides is 3. The Balaban J connectivity index is 1.67. The topological polar surface area (TPSA) is 117 Å². The fraction of sp³-hybridized carbons (Fsp3) is 0.172. The molecule has 9 nitrogen and oxygen atoms in total. The lowest BCUT2D eigenvalue weighted by Crippen LogP contribution is -2.55. The summed E-state index contributed by atoms with van der Waals surface area (Å²) in [6.45, 7) is 1.99. The van der Waals surface area contributed by atoms with Gasteiger partial charge in [0.1, 0.15) is 17.6 Å². The Kier molecular flexibility index (Phi) is 7.35. The Morgan fingerprint density at radius 3 is 2.54 bits per heavy atom. The highest BCUT2D eigenvalue weighted by atomic mass is 19.4. The van der Waals surface area contributed by atoms with Gasteiger partial charge in [-0.05, 0) is 42.3 Å². The number of nitrogens with one attached hydrogen (secondary N) is 1. The number of amides is 2. The molecule has 0 fully saturated rings. The maximum absolute atomic E-state index is 14.1. The number of benzene rings is 2. The van der Waals surface area contributed by atoms with Crippen LogP contribution in [0.1, 0.15) is 45.8 Å². The molecule has 0 radical (unpaired) electrons. The number of carbonyl (C=O) groups is 2. The summed E-state index contributed by atoms with van der Waals surface area (Å²) < 4.78 is 41.4. The molecule has 0 saturated heterocycles. The van der Waals surface area contributed by atoms with Gasteiger partial charge in [-0.15, -0.1) is 0 Å². The Morgan fingerprint density at radius 1 is 1.10 bits per heavy atom. The monoisotopic (exact) mass is 557 g/mol. The molecule has 1 aliphatic heterocycles. The highest BCUT2D eigenvalue weighted by Crippen LogP contribution is 2.42. The summed E-state index contributed by atoms with van der Waals surface area (Å²) in [6.07, 6.45) is 0.537. The third-order valence-corrected chi connectivity index (χ3v) is 6.65. The minimum absolute atomic E-state index is 0.222. The van der Waals surface area contributed by atoms with E-state index in [1.165, 1.54) is 11.0 Å². The van der Waals surface area contributed by atoms with Gasteiger partial charge in [-0.25, -0.2) is 14.6 Å². The summed E-state index contributed by atoms with van der Waals surface area (Å²) in [5.74, 6) is -2.58. The van der Waals surface area contributed by atoms with Crippen LogP contribution in [0.4, 0.5) is 19.0 Å². The van der Waals surface area contributed by atoms with Crippen LogP contribution in [-0.4, -0.2) is 44.1 Å². The fourth-order valence-electron chi connectivity index (χ4n) is 4.90. The summed E-state index contributed by atoms with van der Waals surface area (Å²) in [4.78, 5) is 35.9. The van der Waals surface area contributed by atoms with Crippen molar-refractivity contribution in [2.45, 2.75) is 25.1 Å². The SMILES string of the molecule is CCN1C(=O)[C@@H](NC(=O)c2nccc(C(F)(F)F)n2)[C@H](c2ccccc2/C=C\C#N)c2cnn(-c3ccccc3)c21. The molecule has 2 atom stereocenters. The Bertz CT molecular complexity index is 1680. The molecule has 0 saturated carbocycles. The van der Waals surface area contributed by atoms with E-state index >= 15 is 0 Å². The van der Waals surface area contributed by atoms with Crippen LogP contribution in [0, 0.1) is 11.3 Å². The van der Waals surface area contributed by atoms with Crippen molar-refractivity contribution < 1.29 is 22.8 Å². The Morgan fingerprint density at radius 2 is 1.83 bits per heavy atom. The molecule has 2 aromatic heterocycles. The summed E-state index contributed by atoms with van der Waals surface area (Å²) in [6, 6.07) is 17.6. The molecule has 3 heterocycles. The van der Waals surface area contributed by atoms with Crippen molar-refractivity contribution in [3.05, 3.63) is 107 Å². The lowest BCUT2D eigenvalue weighted by Gasteiger charge is -2.38. The van der Waals surface area contributed by atoms with Crippen LogP contribution in [0.3, 0.4) is 0 Å². The van der Waals surface area contributed by atoms with Gasteiger partial charge in [0.2, 0.25) is 5.82 Å². The van der Waals surface area contributed by atoms with Gasteiger partial charge in [0.05, 0.1) is 18.0 Å². The number of nitrogens with zero attached hydrogens (tertiary/aromatic N) is 6. The number of rotatable bonds is 6. The highest BCUT2D eigenvalue weighted by molar-refractivity contribution is 6.04. The smallest absolute Gasteiger partial charge is 0.337 e. The molecular formula is C29H22F3N7O2. The molecule has 0 spiro atoms. The first-order valence-electron chi connectivity index (χ1n) is 12.6. The van der Waals surface area contributed by atoms with Crippen LogP contribution in [-0.2, 0) is 11.0 Å². The predicted octanol–water partition coefficient (Wildman–Crippen LogP) is 4.51. The molecule has 0 bridgehead atoms. The third kappa shape index (κ3) is 5.17. The second kappa shape index (κ2) is 11.1. The summed E-state index contributed by atoms with van der Waals surface area (Å²) in [5.41, 5.74) is 1.24. The molecule has 4 aromatic rings. The number of allylic oxidation sites excluding steroid dienone is 1. The Hall–Kier alpha value is -5.31. The molecule has 12 heteroatoms. The predicted molar refractivity (Wildman–Crippen MR) is 143 cm³/mol. The molecule has 0 aliphatic carbocycles. The second-order valence-electron chi connectivity index (χ2n) is 9.04. The molecule has 1 aliphatic rings. The molecule has 206 valence electrons. The normalized spacial score (nSPS) is 16.9. The van der Waals surface area contributed by atoms with E-state index in [4.69, 9.17) is 5.26 Å². The van der Waals surface area contributed by atoms with Crippen LogP contribution >= 0.6 is 0 Å². The van der Waals surface area contributed by atoms with E-state index in [0.29, 0.717) is 34.3 Å². The molecule has 5 rings (SSSR count). The second-order valence-corrected chi connectivity index (χ2v) is 9.04. The average Bonchev–Trinajstić information content (AvgIpc) is 3.41. The molecule has 2 aromatic carbocycles. The van der Waals surface area contributed by atoms with E-state index in [-0.39, 0.29) is 6.54 Å². The van der Waals surface area contributed by atoms with E-state index < -0.39 is 41.5 Å². The van der Waals surface area contributed by atoms with Crippen molar-refractivity contribution in [3.63, 3.8) is 0 Å². The van der Waals surface area contributed by atoms with E-state index in [1.807, 2.05) is 36.4 Å². The lowest BCUT2D eigenvalue weighted by molar-refractivity contribution is -0.141. The molecule has 0 unspecified atom stereocenters. The van der Waals surface area contributed by atoms with Crippen molar-refractivity contribution in [1.82, 2.24) is 25.1 Å². The van der Waals surface area contributed by atoms with E-state index in [0.717, 1.165) is 6.20 Å². The van der Waals surface area contributed by atoms with Crippen molar-refractivity contribution in [3.8, 4) is 11.8 Å². The third-order valence-electron chi connectivity index (χ3n) is 6.65. The maximum Gasteiger partial charge on any atom is 0.433 e. The van der Waals surface area contributed by atoms with Gasteiger partial charge in [0, 0.05) is 30.3 Å². The van der Waals surface area contributed by atoms with Crippen LogP contribution in [0.15, 0.2) is 79.1 Å². The highest BCUT2D eigenvalue weighted by Gasteiger charge is 2.45. The quantitative estimate of drug-likeness (QED) is 0.349. The van der Waals surface area contributed by atoms with E-state index in [1.54, 1.807) is 48.1 Å². The average molecular weight is 558 g/mol. The van der Waals surface area contributed by atoms with Crippen LogP contribution in [0.5, 0.6) is 0 Å². The van der Waals surface area contributed by atoms with Crippen molar-refractivity contribution >= 4 is 23.7 Å². The molecular weight excluding hydrogens is 535 g/mol. The zero-order valence-corrected chi connectivity index (χ0v) is 21.6. The van der Waals surface area contributed by atoms with Gasteiger partial charge in [-0.2, -0.15) is 23.5 Å². The zero-order chi connectivity index (χ0) is 29.1. The van der Waals surface area contributed by atoms with Crippen molar-refractivity contribution in [2.75, 3.05) is 11.4 Å². The standard InChI is InChI=1S/C29H22F3N7O2/c1-2-38-27-21(17-35-39(27)19-11-4-3-5-12-19)23(20-13-7-6-9-18(20)10-8-15-33)24(28(38)41)37-26(40)25-34-16-14-22(36-25)29(30,31)32/h3-14,16-17,23-24H,2H2,1H3,(H,37,40)/b10-8-/t23-,24+/m1/s1. The van der Waals surface area contributed by atoms with Crippen molar-refractivity contribution in [1.29, 1.82) is 5.26 Å². The largest absolute Gasteiger partial charge is 0.433 e. The Labute approximate surface area is 232 Å².